The highest BCUT2D eigenvalue weighted by Gasteiger charge is 2.28. The van der Waals surface area contributed by atoms with Crippen molar-refractivity contribution in [2.75, 3.05) is 19.8 Å². The van der Waals surface area contributed by atoms with Gasteiger partial charge in [-0.15, -0.1) is 0 Å². The van der Waals surface area contributed by atoms with E-state index < -0.39 is 51.1 Å². The zero-order valence-corrected chi connectivity index (χ0v) is 41.3. The molecular weight excluding hydrogens is 830 g/mol. The topological polar surface area (TPSA) is 172 Å². The number of rotatable bonds is 47. The molecule has 0 fully saturated rings. The Labute approximate surface area is 389 Å². The van der Waals surface area contributed by atoms with E-state index >= 15 is 0 Å². The second-order valence-corrected chi connectivity index (χ2v) is 18.4. The summed E-state index contributed by atoms with van der Waals surface area (Å²) in [6, 6.07) is -1.53. The zero-order chi connectivity index (χ0) is 47.0. The van der Waals surface area contributed by atoms with Crippen LogP contribution in [0.2, 0.25) is 0 Å². The van der Waals surface area contributed by atoms with Gasteiger partial charge in [-0.2, -0.15) is 0 Å². The molecule has 4 N–H and O–H groups in total. The third-order valence-electron chi connectivity index (χ3n) is 10.7. The third kappa shape index (κ3) is 45.7. The Hall–Kier alpha value is -2.82. The van der Waals surface area contributed by atoms with Crippen molar-refractivity contribution in [2.24, 2.45) is 5.73 Å². The van der Waals surface area contributed by atoms with Crippen molar-refractivity contribution in [3.8, 4) is 0 Å². The Morgan fingerprint density at radius 1 is 0.484 bits per heavy atom. The van der Waals surface area contributed by atoms with Gasteiger partial charge in [0, 0.05) is 12.8 Å². The highest BCUT2D eigenvalue weighted by Crippen LogP contribution is 2.43. The first-order valence-corrected chi connectivity index (χ1v) is 26.8. The SMILES string of the molecule is CCCCC/C=C\C/C=C\C/C=C\CCCCCCCCC(=O)OC(COC(=O)CCCCCCCCCCC/C=C\C/C=C\CCCCCCC)COP(=O)(O)OCC(N)C(=O)O. The van der Waals surface area contributed by atoms with Gasteiger partial charge < -0.3 is 25.2 Å². The van der Waals surface area contributed by atoms with Crippen LogP contribution in [-0.2, 0) is 37.5 Å². The van der Waals surface area contributed by atoms with E-state index in [4.69, 9.17) is 24.8 Å². The molecule has 3 unspecified atom stereocenters. The van der Waals surface area contributed by atoms with Gasteiger partial charge >= 0.3 is 25.7 Å². The number of phosphoric acid groups is 1. The normalized spacial score (nSPS) is 14.1. The van der Waals surface area contributed by atoms with E-state index in [0.29, 0.717) is 12.8 Å². The molecule has 0 bridgehead atoms. The number of carbonyl (C=O) groups excluding carboxylic acids is 2. The maximum Gasteiger partial charge on any atom is 0.472 e. The lowest BCUT2D eigenvalue weighted by molar-refractivity contribution is -0.161. The van der Waals surface area contributed by atoms with Crippen LogP contribution < -0.4 is 5.73 Å². The average Bonchev–Trinajstić information content (AvgIpc) is 3.27. The maximum absolute atomic E-state index is 12.7. The molecule has 64 heavy (non-hydrogen) atoms. The minimum Gasteiger partial charge on any atom is -0.480 e. The number of allylic oxidation sites excluding steroid dienone is 10. The summed E-state index contributed by atoms with van der Waals surface area (Å²) in [5.74, 6) is -2.40. The number of unbranched alkanes of at least 4 members (excludes halogenated alkanes) is 23. The quantitative estimate of drug-likeness (QED) is 0.0230. The molecule has 0 aromatic heterocycles. The van der Waals surface area contributed by atoms with Gasteiger partial charge in [0.2, 0.25) is 0 Å². The van der Waals surface area contributed by atoms with Crippen LogP contribution >= 0.6 is 7.82 Å². The van der Waals surface area contributed by atoms with E-state index in [1.54, 1.807) is 0 Å². The maximum atomic E-state index is 12.7. The van der Waals surface area contributed by atoms with Crippen molar-refractivity contribution in [1.82, 2.24) is 0 Å². The van der Waals surface area contributed by atoms with E-state index in [1.165, 1.54) is 96.3 Å². The van der Waals surface area contributed by atoms with Crippen molar-refractivity contribution in [2.45, 2.75) is 231 Å². The number of ether oxygens (including phenoxy) is 2. The Morgan fingerprint density at radius 3 is 1.27 bits per heavy atom. The number of phosphoric ester groups is 1. The minimum absolute atomic E-state index is 0.144. The number of carboxylic acids is 1. The van der Waals surface area contributed by atoms with Crippen molar-refractivity contribution < 1.29 is 47.5 Å². The first-order chi connectivity index (χ1) is 31.1. The van der Waals surface area contributed by atoms with Gasteiger partial charge in [-0.3, -0.25) is 23.4 Å². The predicted molar refractivity (Wildman–Crippen MR) is 263 cm³/mol. The molecule has 11 nitrogen and oxygen atoms in total. The zero-order valence-electron chi connectivity index (χ0n) is 40.4. The van der Waals surface area contributed by atoms with E-state index in [2.05, 4.69) is 79.1 Å². The standard InChI is InChI=1S/C52H92NO10P/c1-3-5-7-9-11-13-15-17-19-21-23-24-26-27-29-31-33-35-37-39-41-43-50(54)60-45-48(46-61-64(58,59)62-47-49(53)52(56)57)63-51(55)44-42-40-38-36-34-32-30-28-25-22-20-18-16-14-12-10-8-6-4-2/h12,14-15,17-18,20-21,23,25,28,48-49H,3-11,13,16,19,22,24,26-27,29-47,53H2,1-2H3,(H,56,57)(H,58,59)/b14-12-,17-15-,20-18-,23-21-,28-25-. The molecule has 0 saturated heterocycles. The molecule has 0 aromatic rings. The fourth-order valence-corrected chi connectivity index (χ4v) is 7.53. The van der Waals surface area contributed by atoms with Gasteiger partial charge in [0.25, 0.3) is 0 Å². The number of carboxylic acid groups (broad SMARTS) is 1. The van der Waals surface area contributed by atoms with Gasteiger partial charge in [-0.05, 0) is 83.5 Å². The molecule has 3 atom stereocenters. The second-order valence-electron chi connectivity index (χ2n) is 16.9. The molecule has 0 spiro atoms. The van der Waals surface area contributed by atoms with Gasteiger partial charge in [0.05, 0.1) is 13.2 Å². The highest BCUT2D eigenvalue weighted by atomic mass is 31.2. The molecule has 12 heteroatoms. The van der Waals surface area contributed by atoms with Gasteiger partial charge in [-0.25, -0.2) is 4.57 Å². The van der Waals surface area contributed by atoms with Crippen LogP contribution in [0.4, 0.5) is 0 Å². The van der Waals surface area contributed by atoms with E-state index in [0.717, 1.165) is 83.5 Å². The van der Waals surface area contributed by atoms with Gasteiger partial charge in [-0.1, -0.05) is 184 Å². The Kier molecular flexibility index (Phi) is 44.6. The third-order valence-corrected chi connectivity index (χ3v) is 11.7. The number of hydrogen-bond donors (Lipinski definition) is 3. The lowest BCUT2D eigenvalue weighted by Gasteiger charge is -2.20. The lowest BCUT2D eigenvalue weighted by atomic mass is 10.1. The summed E-state index contributed by atoms with van der Waals surface area (Å²) >= 11 is 0. The molecule has 0 aromatic carbocycles. The summed E-state index contributed by atoms with van der Waals surface area (Å²) in [5, 5.41) is 8.92. The number of hydrogen-bond acceptors (Lipinski definition) is 9. The monoisotopic (exact) mass is 922 g/mol. The van der Waals surface area contributed by atoms with E-state index in [9.17, 15) is 23.8 Å². The Balaban J connectivity index is 4.30. The fourth-order valence-electron chi connectivity index (χ4n) is 6.75. The van der Waals surface area contributed by atoms with Gasteiger partial charge in [0.1, 0.15) is 12.6 Å². The van der Waals surface area contributed by atoms with Gasteiger partial charge in [0.15, 0.2) is 6.10 Å². The van der Waals surface area contributed by atoms with E-state index in [-0.39, 0.29) is 19.4 Å². The average molecular weight is 922 g/mol. The second kappa shape index (κ2) is 46.7. The number of carbonyl (C=O) groups is 3. The van der Waals surface area contributed by atoms with Crippen LogP contribution in [0.3, 0.4) is 0 Å². The molecule has 370 valence electrons. The minimum atomic E-state index is -4.73. The van der Waals surface area contributed by atoms with Crippen LogP contribution in [-0.4, -0.2) is 59.9 Å². The molecule has 0 aliphatic carbocycles. The largest absolute Gasteiger partial charge is 0.480 e. The summed E-state index contributed by atoms with van der Waals surface area (Å²) in [6.07, 6.45) is 55.6. The molecule has 0 radical (unpaired) electrons. The first kappa shape index (κ1) is 61.2. The number of aliphatic carboxylic acids is 1. The summed E-state index contributed by atoms with van der Waals surface area (Å²) in [6.45, 7) is 2.77. The molecule has 0 rings (SSSR count). The highest BCUT2D eigenvalue weighted by molar-refractivity contribution is 7.47. The smallest absolute Gasteiger partial charge is 0.472 e. The molecule has 0 amide bonds. The van der Waals surface area contributed by atoms with Crippen LogP contribution in [0.25, 0.3) is 0 Å². The molecule has 0 aliphatic rings. The summed E-state index contributed by atoms with van der Waals surface area (Å²) < 4.78 is 32.8. The van der Waals surface area contributed by atoms with Crippen LogP contribution in [0.5, 0.6) is 0 Å². The number of nitrogens with two attached hydrogens (primary N) is 1. The molecule has 0 aliphatic heterocycles. The summed E-state index contributed by atoms with van der Waals surface area (Å²) in [7, 11) is -4.73. The summed E-state index contributed by atoms with van der Waals surface area (Å²) in [4.78, 5) is 46.2. The molecule has 0 heterocycles. The van der Waals surface area contributed by atoms with Crippen molar-refractivity contribution >= 4 is 25.7 Å². The van der Waals surface area contributed by atoms with Crippen molar-refractivity contribution in [3.63, 3.8) is 0 Å². The summed E-state index contributed by atoms with van der Waals surface area (Å²) in [5.41, 5.74) is 5.35. The predicted octanol–water partition coefficient (Wildman–Crippen LogP) is 14.3. The fraction of sp³-hybridized carbons (Fsp3) is 0.750. The van der Waals surface area contributed by atoms with Crippen LogP contribution in [0.1, 0.15) is 219 Å². The number of esters is 2. The molecule has 0 saturated carbocycles. The Morgan fingerprint density at radius 2 is 0.828 bits per heavy atom. The van der Waals surface area contributed by atoms with E-state index in [1.807, 2.05) is 0 Å². The van der Waals surface area contributed by atoms with Crippen molar-refractivity contribution in [3.05, 3.63) is 60.8 Å². The molecular formula is C52H92NO10P. The van der Waals surface area contributed by atoms with Crippen LogP contribution in [0.15, 0.2) is 60.8 Å². The van der Waals surface area contributed by atoms with Crippen LogP contribution in [0, 0.1) is 0 Å². The Bertz CT molecular complexity index is 1310. The first-order valence-electron chi connectivity index (χ1n) is 25.3. The van der Waals surface area contributed by atoms with Crippen molar-refractivity contribution in [1.29, 1.82) is 0 Å². The lowest BCUT2D eigenvalue weighted by Crippen LogP contribution is -2.34.